The molecule has 3 heteroatoms. The standard InChI is InChI=1S/C15H25NO2/c1-12(2)16-15(4,11-17)10-13(3)18-14-8-6-5-7-9-14/h5-9,12-13,16-17H,10-11H2,1-4H3. The molecule has 0 saturated heterocycles. The van der Waals surface area contributed by atoms with Crippen molar-refractivity contribution >= 4 is 0 Å². The van der Waals surface area contributed by atoms with Crippen LogP contribution in [0.2, 0.25) is 0 Å². The Morgan fingerprint density at radius 2 is 1.83 bits per heavy atom. The van der Waals surface area contributed by atoms with E-state index in [0.29, 0.717) is 6.04 Å². The summed E-state index contributed by atoms with van der Waals surface area (Å²) < 4.78 is 5.84. The zero-order chi connectivity index (χ0) is 13.6. The van der Waals surface area contributed by atoms with Gasteiger partial charge < -0.3 is 15.2 Å². The lowest BCUT2D eigenvalue weighted by Gasteiger charge is -2.33. The molecule has 1 aromatic carbocycles. The first-order valence-electron chi connectivity index (χ1n) is 6.55. The molecular weight excluding hydrogens is 226 g/mol. The van der Waals surface area contributed by atoms with Crippen molar-refractivity contribution in [3.05, 3.63) is 30.3 Å². The molecule has 0 spiro atoms. The zero-order valence-electron chi connectivity index (χ0n) is 11.8. The Balaban J connectivity index is 2.54. The number of nitrogens with one attached hydrogen (secondary N) is 1. The summed E-state index contributed by atoms with van der Waals surface area (Å²) in [7, 11) is 0. The lowest BCUT2D eigenvalue weighted by molar-refractivity contribution is 0.104. The molecule has 0 radical (unpaired) electrons. The molecule has 18 heavy (non-hydrogen) atoms. The van der Waals surface area contributed by atoms with Crippen LogP contribution in [0.5, 0.6) is 5.75 Å². The van der Waals surface area contributed by atoms with Gasteiger partial charge in [0, 0.05) is 18.0 Å². The minimum absolute atomic E-state index is 0.0517. The first-order valence-corrected chi connectivity index (χ1v) is 6.55. The molecule has 2 atom stereocenters. The number of rotatable bonds is 7. The molecule has 0 aliphatic heterocycles. The molecule has 0 heterocycles. The monoisotopic (exact) mass is 251 g/mol. The van der Waals surface area contributed by atoms with Crippen molar-refractivity contribution in [1.82, 2.24) is 5.32 Å². The third-order valence-electron chi connectivity index (χ3n) is 2.80. The van der Waals surface area contributed by atoms with E-state index in [-0.39, 0.29) is 18.2 Å². The second-order valence-corrected chi connectivity index (χ2v) is 5.46. The topological polar surface area (TPSA) is 41.5 Å². The molecule has 0 aromatic heterocycles. The smallest absolute Gasteiger partial charge is 0.119 e. The highest BCUT2D eigenvalue weighted by Gasteiger charge is 2.27. The largest absolute Gasteiger partial charge is 0.491 e. The number of hydrogen-bond acceptors (Lipinski definition) is 3. The van der Waals surface area contributed by atoms with Crippen molar-refractivity contribution in [2.24, 2.45) is 0 Å². The van der Waals surface area contributed by atoms with Crippen LogP contribution >= 0.6 is 0 Å². The molecule has 0 saturated carbocycles. The van der Waals surface area contributed by atoms with E-state index in [2.05, 4.69) is 19.2 Å². The zero-order valence-corrected chi connectivity index (χ0v) is 11.8. The van der Waals surface area contributed by atoms with Crippen LogP contribution in [0.25, 0.3) is 0 Å². The van der Waals surface area contributed by atoms with E-state index >= 15 is 0 Å². The number of benzene rings is 1. The van der Waals surface area contributed by atoms with Crippen LogP contribution in [0.3, 0.4) is 0 Å². The summed E-state index contributed by atoms with van der Waals surface area (Å²) in [6.07, 6.45) is 0.812. The van der Waals surface area contributed by atoms with E-state index < -0.39 is 0 Å². The fourth-order valence-electron chi connectivity index (χ4n) is 2.27. The van der Waals surface area contributed by atoms with Crippen LogP contribution in [0.1, 0.15) is 34.1 Å². The third-order valence-corrected chi connectivity index (χ3v) is 2.80. The highest BCUT2D eigenvalue weighted by atomic mass is 16.5. The number of para-hydroxylation sites is 1. The highest BCUT2D eigenvalue weighted by Crippen LogP contribution is 2.18. The first-order chi connectivity index (χ1) is 8.45. The van der Waals surface area contributed by atoms with Crippen molar-refractivity contribution < 1.29 is 9.84 Å². The average Bonchev–Trinajstić information content (AvgIpc) is 2.28. The van der Waals surface area contributed by atoms with Gasteiger partial charge in [-0.2, -0.15) is 0 Å². The molecule has 0 aliphatic carbocycles. The van der Waals surface area contributed by atoms with Crippen molar-refractivity contribution in [3.63, 3.8) is 0 Å². The Hall–Kier alpha value is -1.06. The molecule has 2 N–H and O–H groups in total. The van der Waals surface area contributed by atoms with Crippen LogP contribution in [0.4, 0.5) is 0 Å². The molecule has 0 amide bonds. The summed E-state index contributed by atoms with van der Waals surface area (Å²) in [5.41, 5.74) is -0.303. The van der Waals surface area contributed by atoms with Crippen molar-refractivity contribution in [2.75, 3.05) is 6.61 Å². The summed E-state index contributed by atoms with van der Waals surface area (Å²) in [5, 5.41) is 12.9. The van der Waals surface area contributed by atoms with Crippen LogP contribution < -0.4 is 10.1 Å². The van der Waals surface area contributed by atoms with Crippen LogP contribution in [0, 0.1) is 0 Å². The Bertz CT molecular complexity index is 340. The highest BCUT2D eigenvalue weighted by molar-refractivity contribution is 5.21. The van der Waals surface area contributed by atoms with Gasteiger partial charge in [0.2, 0.25) is 0 Å². The maximum atomic E-state index is 9.53. The second kappa shape index (κ2) is 6.76. The molecule has 0 bridgehead atoms. The van der Waals surface area contributed by atoms with Gasteiger partial charge in [-0.05, 0) is 26.0 Å². The second-order valence-electron chi connectivity index (χ2n) is 5.46. The van der Waals surface area contributed by atoms with Gasteiger partial charge in [-0.1, -0.05) is 32.0 Å². The number of hydrogen-bond donors (Lipinski definition) is 2. The molecule has 0 fully saturated rings. The van der Waals surface area contributed by atoms with E-state index in [1.807, 2.05) is 44.2 Å². The summed E-state index contributed by atoms with van der Waals surface area (Å²) in [5.74, 6) is 0.870. The molecule has 3 nitrogen and oxygen atoms in total. The molecular formula is C15H25NO2. The third kappa shape index (κ3) is 5.07. The van der Waals surface area contributed by atoms with Gasteiger partial charge in [-0.3, -0.25) is 0 Å². The maximum absolute atomic E-state index is 9.53. The predicted molar refractivity (Wildman–Crippen MR) is 74.9 cm³/mol. The van der Waals surface area contributed by atoms with E-state index in [9.17, 15) is 5.11 Å². The summed E-state index contributed by atoms with van der Waals surface area (Å²) in [6, 6.07) is 10.1. The van der Waals surface area contributed by atoms with Crippen molar-refractivity contribution in [1.29, 1.82) is 0 Å². The van der Waals surface area contributed by atoms with Crippen LogP contribution in [-0.2, 0) is 0 Å². The van der Waals surface area contributed by atoms with Gasteiger partial charge in [0.05, 0.1) is 12.7 Å². The maximum Gasteiger partial charge on any atom is 0.119 e. The molecule has 0 aliphatic rings. The van der Waals surface area contributed by atoms with E-state index in [0.717, 1.165) is 12.2 Å². The van der Waals surface area contributed by atoms with Crippen molar-refractivity contribution in [2.45, 2.75) is 51.8 Å². The summed E-state index contributed by atoms with van der Waals surface area (Å²) in [4.78, 5) is 0. The summed E-state index contributed by atoms with van der Waals surface area (Å²) in [6.45, 7) is 8.32. The lowest BCUT2D eigenvalue weighted by atomic mass is 9.94. The quantitative estimate of drug-likeness (QED) is 0.782. The average molecular weight is 251 g/mol. The van der Waals surface area contributed by atoms with Crippen molar-refractivity contribution in [3.8, 4) is 5.75 Å². The number of aliphatic hydroxyl groups excluding tert-OH is 1. The Morgan fingerprint density at radius 1 is 1.22 bits per heavy atom. The first kappa shape index (κ1) is 15.0. The molecule has 1 aromatic rings. The molecule has 2 unspecified atom stereocenters. The summed E-state index contributed by atoms with van der Waals surface area (Å²) >= 11 is 0. The Kier molecular flexibility index (Phi) is 5.63. The minimum Gasteiger partial charge on any atom is -0.491 e. The predicted octanol–water partition coefficient (Wildman–Crippen LogP) is 2.59. The Labute approximate surface area is 110 Å². The van der Waals surface area contributed by atoms with Crippen LogP contribution in [-0.4, -0.2) is 29.4 Å². The number of ether oxygens (including phenoxy) is 1. The van der Waals surface area contributed by atoms with E-state index in [1.54, 1.807) is 0 Å². The van der Waals surface area contributed by atoms with E-state index in [4.69, 9.17) is 4.74 Å². The van der Waals surface area contributed by atoms with Crippen LogP contribution in [0.15, 0.2) is 30.3 Å². The molecule has 102 valence electrons. The van der Waals surface area contributed by atoms with Gasteiger partial charge in [0.15, 0.2) is 0 Å². The normalized spacial score (nSPS) is 16.3. The Morgan fingerprint density at radius 3 is 2.33 bits per heavy atom. The van der Waals surface area contributed by atoms with E-state index in [1.165, 1.54) is 0 Å². The fraction of sp³-hybridized carbons (Fsp3) is 0.600. The minimum atomic E-state index is -0.303. The molecule has 1 rings (SSSR count). The lowest BCUT2D eigenvalue weighted by Crippen LogP contribution is -2.51. The van der Waals surface area contributed by atoms with Gasteiger partial charge >= 0.3 is 0 Å². The van der Waals surface area contributed by atoms with Gasteiger partial charge in [-0.15, -0.1) is 0 Å². The van der Waals surface area contributed by atoms with Gasteiger partial charge in [-0.25, -0.2) is 0 Å². The van der Waals surface area contributed by atoms with Gasteiger partial charge in [0.1, 0.15) is 5.75 Å². The SMILES string of the molecule is CC(C)NC(C)(CO)CC(C)Oc1ccccc1. The fourth-order valence-corrected chi connectivity index (χ4v) is 2.27. The van der Waals surface area contributed by atoms with Gasteiger partial charge in [0.25, 0.3) is 0 Å². The number of aliphatic hydroxyl groups is 1.